The largest absolute Gasteiger partial charge is 0.466 e. The number of ether oxygens (including phenoxy) is 1. The molecule has 170 valence electrons. The number of amides is 2. The lowest BCUT2D eigenvalue weighted by Crippen LogP contribution is -2.48. The highest BCUT2D eigenvalue weighted by atomic mass is 16.5. The van der Waals surface area contributed by atoms with Gasteiger partial charge < -0.3 is 15.8 Å². The summed E-state index contributed by atoms with van der Waals surface area (Å²) < 4.78 is 4.91. The van der Waals surface area contributed by atoms with Crippen LogP contribution in [0.5, 0.6) is 0 Å². The summed E-state index contributed by atoms with van der Waals surface area (Å²) in [5.41, 5.74) is 7.43. The van der Waals surface area contributed by atoms with Crippen LogP contribution in [0.25, 0.3) is 0 Å². The Hall–Kier alpha value is -3.93. The second kappa shape index (κ2) is 11.1. The zero-order valence-electron chi connectivity index (χ0n) is 18.6. The van der Waals surface area contributed by atoms with Crippen LogP contribution in [0.4, 0.5) is 0 Å². The van der Waals surface area contributed by atoms with E-state index in [9.17, 15) is 14.4 Å². The van der Waals surface area contributed by atoms with Crippen molar-refractivity contribution >= 4 is 17.8 Å². The first kappa shape index (κ1) is 23.7. The SMILES string of the molecule is CCOC(=O)C[C@H](NC(=O)CC(c1ccccc1)(c1ccccc1)c1ccccc1)C(N)=O. The van der Waals surface area contributed by atoms with Gasteiger partial charge in [-0.25, -0.2) is 0 Å². The fourth-order valence-corrected chi connectivity index (χ4v) is 4.07. The standard InChI is InChI=1S/C27H28N2O4/c1-2-33-25(31)18-23(26(28)32)29-24(30)19-27(20-12-6-3-7-13-20,21-14-8-4-9-15-21)22-16-10-5-11-17-22/h3-17,23H,2,18-19H2,1H3,(H2,28,32)(H,29,30)/t23-/m0/s1. The molecule has 3 rings (SSSR count). The van der Waals surface area contributed by atoms with Gasteiger partial charge in [-0.2, -0.15) is 0 Å². The molecule has 0 aliphatic carbocycles. The molecule has 0 saturated carbocycles. The zero-order valence-corrected chi connectivity index (χ0v) is 18.6. The predicted octanol–water partition coefficient (Wildman–Crippen LogP) is 3.33. The van der Waals surface area contributed by atoms with Crippen molar-refractivity contribution in [2.45, 2.75) is 31.2 Å². The van der Waals surface area contributed by atoms with E-state index in [-0.39, 0.29) is 19.4 Å². The smallest absolute Gasteiger partial charge is 0.308 e. The number of primary amides is 1. The monoisotopic (exact) mass is 444 g/mol. The van der Waals surface area contributed by atoms with Crippen LogP contribution in [0.1, 0.15) is 36.5 Å². The van der Waals surface area contributed by atoms with E-state index in [1.165, 1.54) is 0 Å². The third-order valence-electron chi connectivity index (χ3n) is 5.58. The van der Waals surface area contributed by atoms with E-state index in [4.69, 9.17) is 10.5 Å². The Balaban J connectivity index is 2.04. The average Bonchev–Trinajstić information content (AvgIpc) is 2.84. The molecule has 1 atom stereocenters. The molecule has 2 amide bonds. The van der Waals surface area contributed by atoms with E-state index < -0.39 is 29.2 Å². The molecule has 3 N–H and O–H groups in total. The molecule has 0 aliphatic rings. The van der Waals surface area contributed by atoms with Gasteiger partial charge in [0.05, 0.1) is 18.4 Å². The first-order valence-corrected chi connectivity index (χ1v) is 10.9. The number of hydrogen-bond acceptors (Lipinski definition) is 4. The van der Waals surface area contributed by atoms with E-state index in [0.717, 1.165) is 16.7 Å². The van der Waals surface area contributed by atoms with E-state index in [2.05, 4.69) is 5.32 Å². The molecule has 0 spiro atoms. The lowest BCUT2D eigenvalue weighted by atomic mass is 9.67. The van der Waals surface area contributed by atoms with Gasteiger partial charge in [-0.05, 0) is 23.6 Å². The third kappa shape index (κ3) is 5.66. The highest BCUT2D eigenvalue weighted by molar-refractivity contribution is 5.90. The summed E-state index contributed by atoms with van der Waals surface area (Å²) in [5.74, 6) is -1.79. The highest BCUT2D eigenvalue weighted by Gasteiger charge is 2.39. The van der Waals surface area contributed by atoms with Crippen molar-refractivity contribution in [2.24, 2.45) is 5.73 Å². The van der Waals surface area contributed by atoms with Crippen molar-refractivity contribution < 1.29 is 19.1 Å². The van der Waals surface area contributed by atoms with Gasteiger partial charge in [0.1, 0.15) is 6.04 Å². The van der Waals surface area contributed by atoms with Gasteiger partial charge in [-0.3, -0.25) is 14.4 Å². The molecule has 0 bridgehead atoms. The number of rotatable bonds is 10. The Labute approximate surface area is 193 Å². The van der Waals surface area contributed by atoms with Gasteiger partial charge in [-0.15, -0.1) is 0 Å². The summed E-state index contributed by atoms with van der Waals surface area (Å²) in [6.45, 7) is 1.85. The fraction of sp³-hybridized carbons (Fsp3) is 0.222. The van der Waals surface area contributed by atoms with Gasteiger partial charge in [0.25, 0.3) is 0 Å². The predicted molar refractivity (Wildman–Crippen MR) is 126 cm³/mol. The molecule has 33 heavy (non-hydrogen) atoms. The molecule has 6 heteroatoms. The van der Waals surface area contributed by atoms with Gasteiger partial charge in [0.2, 0.25) is 11.8 Å². The van der Waals surface area contributed by atoms with Crippen molar-refractivity contribution in [3.05, 3.63) is 108 Å². The highest BCUT2D eigenvalue weighted by Crippen LogP contribution is 2.42. The summed E-state index contributed by atoms with van der Waals surface area (Å²) in [6, 6.07) is 28.1. The topological polar surface area (TPSA) is 98.5 Å². The van der Waals surface area contributed by atoms with Crippen LogP contribution in [0.15, 0.2) is 91.0 Å². The lowest BCUT2D eigenvalue weighted by molar-refractivity contribution is -0.145. The summed E-state index contributed by atoms with van der Waals surface area (Å²) in [7, 11) is 0. The quantitative estimate of drug-likeness (QED) is 0.370. The number of benzene rings is 3. The van der Waals surface area contributed by atoms with Gasteiger partial charge >= 0.3 is 5.97 Å². The number of carbonyl (C=O) groups excluding carboxylic acids is 3. The summed E-state index contributed by atoms with van der Waals surface area (Å²) >= 11 is 0. The molecule has 0 saturated heterocycles. The third-order valence-corrected chi connectivity index (χ3v) is 5.58. The normalized spacial score (nSPS) is 11.9. The van der Waals surface area contributed by atoms with Crippen LogP contribution in [0.3, 0.4) is 0 Å². The molecule has 0 radical (unpaired) electrons. The van der Waals surface area contributed by atoms with Crippen molar-refractivity contribution in [3.63, 3.8) is 0 Å². The van der Waals surface area contributed by atoms with Crippen molar-refractivity contribution in [1.29, 1.82) is 0 Å². The average molecular weight is 445 g/mol. The fourth-order valence-electron chi connectivity index (χ4n) is 4.07. The van der Waals surface area contributed by atoms with E-state index in [1.54, 1.807) is 6.92 Å². The molecule has 0 aromatic heterocycles. The minimum absolute atomic E-state index is 0.0116. The Kier molecular flexibility index (Phi) is 7.97. The maximum Gasteiger partial charge on any atom is 0.308 e. The molecule has 3 aromatic carbocycles. The van der Waals surface area contributed by atoms with Crippen LogP contribution in [0.2, 0.25) is 0 Å². The first-order valence-electron chi connectivity index (χ1n) is 10.9. The lowest BCUT2D eigenvalue weighted by Gasteiger charge is -2.36. The van der Waals surface area contributed by atoms with Crippen LogP contribution in [0, 0.1) is 0 Å². The van der Waals surface area contributed by atoms with Gasteiger partial charge in [0.15, 0.2) is 0 Å². The summed E-state index contributed by atoms with van der Waals surface area (Å²) in [5, 5.41) is 2.66. The number of nitrogens with one attached hydrogen (secondary N) is 1. The number of carbonyl (C=O) groups is 3. The van der Waals surface area contributed by atoms with E-state index >= 15 is 0 Å². The van der Waals surface area contributed by atoms with Crippen LogP contribution < -0.4 is 11.1 Å². The molecule has 3 aromatic rings. The maximum atomic E-state index is 13.4. The Bertz CT molecular complexity index is 972. The molecule has 0 aliphatic heterocycles. The Morgan fingerprint density at radius 1 is 0.818 bits per heavy atom. The zero-order chi connectivity index (χ0) is 23.7. The number of hydrogen-bond donors (Lipinski definition) is 2. The second-order valence-corrected chi connectivity index (χ2v) is 7.71. The van der Waals surface area contributed by atoms with Crippen molar-refractivity contribution in [3.8, 4) is 0 Å². The minimum atomic E-state index is -1.16. The number of nitrogens with two attached hydrogens (primary N) is 1. The molecule has 0 fully saturated rings. The van der Waals surface area contributed by atoms with E-state index in [0.29, 0.717) is 0 Å². The molecule has 0 heterocycles. The Morgan fingerprint density at radius 2 is 1.24 bits per heavy atom. The first-order chi connectivity index (χ1) is 16.0. The molecule has 6 nitrogen and oxygen atoms in total. The Morgan fingerprint density at radius 3 is 1.61 bits per heavy atom. The molecular weight excluding hydrogens is 416 g/mol. The van der Waals surface area contributed by atoms with Crippen molar-refractivity contribution in [2.75, 3.05) is 6.61 Å². The maximum absolute atomic E-state index is 13.4. The summed E-state index contributed by atoms with van der Waals surface area (Å²) in [6.07, 6.45) is -0.304. The van der Waals surface area contributed by atoms with Crippen LogP contribution in [-0.4, -0.2) is 30.4 Å². The van der Waals surface area contributed by atoms with E-state index in [1.807, 2.05) is 91.0 Å². The summed E-state index contributed by atoms with van der Waals surface area (Å²) in [4.78, 5) is 37.2. The van der Waals surface area contributed by atoms with Crippen LogP contribution >= 0.6 is 0 Å². The van der Waals surface area contributed by atoms with Gasteiger partial charge in [-0.1, -0.05) is 91.0 Å². The molecule has 0 unspecified atom stereocenters. The van der Waals surface area contributed by atoms with Crippen LogP contribution in [-0.2, 0) is 24.5 Å². The van der Waals surface area contributed by atoms with Gasteiger partial charge in [0, 0.05) is 6.42 Å². The number of esters is 1. The minimum Gasteiger partial charge on any atom is -0.466 e. The van der Waals surface area contributed by atoms with Crippen molar-refractivity contribution in [1.82, 2.24) is 5.32 Å². The second-order valence-electron chi connectivity index (χ2n) is 7.71. The molecular formula is C27H28N2O4.